The monoisotopic (exact) mass is 254 g/mol. The summed E-state index contributed by atoms with van der Waals surface area (Å²) in [5.41, 5.74) is 3.09. The predicted molar refractivity (Wildman–Crippen MR) is 74.5 cm³/mol. The summed E-state index contributed by atoms with van der Waals surface area (Å²) in [5, 5.41) is 12.7. The molecule has 1 unspecified atom stereocenters. The lowest BCUT2D eigenvalue weighted by atomic mass is 9.91. The fraction of sp³-hybridized carbons (Fsp3) is 0.467. The summed E-state index contributed by atoms with van der Waals surface area (Å²) < 4.78 is 2.09. The number of rotatable bonds is 3. The van der Waals surface area contributed by atoms with Crippen molar-refractivity contribution in [2.75, 3.05) is 7.05 Å². The van der Waals surface area contributed by atoms with Crippen LogP contribution in [0.25, 0.3) is 11.0 Å². The van der Waals surface area contributed by atoms with Crippen LogP contribution in [0.15, 0.2) is 18.2 Å². The van der Waals surface area contributed by atoms with E-state index < -0.39 is 0 Å². The molecule has 1 N–H and O–H groups in total. The molecule has 1 atom stereocenters. The molecule has 2 aromatic rings. The Morgan fingerprint density at radius 2 is 2.21 bits per heavy atom. The number of fused-ring (bicyclic) bond motifs is 1. The van der Waals surface area contributed by atoms with Crippen LogP contribution in [0.4, 0.5) is 0 Å². The first-order valence-electron chi connectivity index (χ1n) is 6.63. The summed E-state index contributed by atoms with van der Waals surface area (Å²) in [4.78, 5) is 4.57. The highest BCUT2D eigenvalue weighted by molar-refractivity contribution is 5.77. The van der Waals surface area contributed by atoms with Crippen LogP contribution in [0, 0.1) is 23.7 Å². The maximum absolute atomic E-state index is 9.37. The van der Waals surface area contributed by atoms with E-state index in [9.17, 15) is 5.26 Å². The van der Waals surface area contributed by atoms with Gasteiger partial charge in [0.2, 0.25) is 0 Å². The molecule has 3 rings (SSSR count). The van der Waals surface area contributed by atoms with E-state index in [4.69, 9.17) is 0 Å². The molecule has 4 heteroatoms. The fourth-order valence-corrected chi connectivity index (χ4v) is 2.88. The summed E-state index contributed by atoms with van der Waals surface area (Å²) in [5.74, 6) is 1.01. The van der Waals surface area contributed by atoms with Gasteiger partial charge in [0.1, 0.15) is 5.82 Å². The summed E-state index contributed by atoms with van der Waals surface area (Å²) in [6.45, 7) is 2.01. The third-order valence-electron chi connectivity index (χ3n) is 4.31. The normalized spacial score (nSPS) is 18.2. The molecule has 0 spiro atoms. The molecule has 1 aromatic heterocycles. The molecular formula is C15H18N4. The van der Waals surface area contributed by atoms with Crippen molar-refractivity contribution < 1.29 is 0 Å². The molecular weight excluding hydrogens is 236 g/mol. The van der Waals surface area contributed by atoms with Crippen molar-refractivity contribution in [1.82, 2.24) is 14.9 Å². The van der Waals surface area contributed by atoms with E-state index >= 15 is 0 Å². The topological polar surface area (TPSA) is 53.6 Å². The van der Waals surface area contributed by atoms with Crippen molar-refractivity contribution in [3.05, 3.63) is 29.6 Å². The minimum atomic E-state index is -0.216. The first-order valence-corrected chi connectivity index (χ1v) is 6.63. The van der Waals surface area contributed by atoms with Gasteiger partial charge in [-0.05, 0) is 44.5 Å². The van der Waals surface area contributed by atoms with Crippen LogP contribution in [-0.2, 0) is 7.05 Å². The van der Waals surface area contributed by atoms with Gasteiger partial charge in [-0.1, -0.05) is 6.07 Å². The van der Waals surface area contributed by atoms with Gasteiger partial charge in [0.05, 0.1) is 28.6 Å². The average molecular weight is 254 g/mol. The maximum atomic E-state index is 9.37. The van der Waals surface area contributed by atoms with Crippen molar-refractivity contribution in [2.24, 2.45) is 12.5 Å². The predicted octanol–water partition coefficient (Wildman–Crippen LogP) is 2.45. The van der Waals surface area contributed by atoms with E-state index in [0.717, 1.165) is 35.3 Å². The molecule has 1 heterocycles. The molecule has 0 aliphatic heterocycles. The first kappa shape index (κ1) is 12.2. The van der Waals surface area contributed by atoms with Gasteiger partial charge in [-0.15, -0.1) is 0 Å². The fourth-order valence-electron chi connectivity index (χ4n) is 2.88. The Hall–Kier alpha value is -1.86. The highest BCUT2D eigenvalue weighted by atomic mass is 15.0. The highest BCUT2D eigenvalue weighted by Crippen LogP contribution is 2.54. The second kappa shape index (κ2) is 4.07. The molecule has 19 heavy (non-hydrogen) atoms. The number of imidazole rings is 1. The lowest BCUT2D eigenvalue weighted by Crippen LogP contribution is -2.25. The lowest BCUT2D eigenvalue weighted by molar-refractivity contribution is 0.444. The number of benzene rings is 1. The van der Waals surface area contributed by atoms with Gasteiger partial charge in [-0.2, -0.15) is 5.26 Å². The Kier molecular flexibility index (Phi) is 2.61. The number of nitrogens with zero attached hydrogens (tertiary/aromatic N) is 3. The van der Waals surface area contributed by atoms with E-state index in [0.29, 0.717) is 0 Å². The summed E-state index contributed by atoms with van der Waals surface area (Å²) in [6, 6.07) is 8.90. The van der Waals surface area contributed by atoms with E-state index in [1.54, 1.807) is 0 Å². The molecule has 1 aromatic carbocycles. The Bertz CT molecular complexity index is 673. The zero-order valence-electron chi connectivity index (χ0n) is 11.6. The van der Waals surface area contributed by atoms with Crippen molar-refractivity contribution >= 4 is 11.0 Å². The zero-order chi connectivity index (χ0) is 13.6. The number of hydrogen-bond acceptors (Lipinski definition) is 3. The molecule has 98 valence electrons. The Morgan fingerprint density at radius 3 is 2.79 bits per heavy atom. The number of aromatic nitrogens is 2. The van der Waals surface area contributed by atoms with Gasteiger partial charge in [-0.25, -0.2) is 4.98 Å². The van der Waals surface area contributed by atoms with E-state index in [1.807, 2.05) is 21.0 Å². The second-order valence-electron chi connectivity index (χ2n) is 5.46. The number of nitriles is 1. The SMILES string of the molecule is CNC(c1ccc2c(c1)nc(C)n2C)C1(C#N)CC1. The van der Waals surface area contributed by atoms with Gasteiger partial charge in [0.15, 0.2) is 0 Å². The molecule has 4 nitrogen and oxygen atoms in total. The smallest absolute Gasteiger partial charge is 0.106 e. The molecule has 1 saturated carbocycles. The van der Waals surface area contributed by atoms with E-state index in [2.05, 4.69) is 39.1 Å². The van der Waals surface area contributed by atoms with Crippen LogP contribution < -0.4 is 5.32 Å². The van der Waals surface area contributed by atoms with Gasteiger partial charge in [0.25, 0.3) is 0 Å². The summed E-state index contributed by atoms with van der Waals surface area (Å²) in [7, 11) is 3.95. The Morgan fingerprint density at radius 1 is 1.47 bits per heavy atom. The molecule has 0 bridgehead atoms. The molecule has 1 aliphatic rings. The van der Waals surface area contributed by atoms with Gasteiger partial charge >= 0.3 is 0 Å². The Balaban J connectivity index is 2.08. The standard InChI is InChI=1S/C15H18N4/c1-10-18-12-8-11(4-5-13(12)19(10)3)14(17-2)15(9-16)6-7-15/h4-5,8,14,17H,6-7H2,1-3H3. The maximum Gasteiger partial charge on any atom is 0.106 e. The largest absolute Gasteiger partial charge is 0.331 e. The Labute approximate surface area is 113 Å². The molecule has 0 radical (unpaired) electrons. The lowest BCUT2D eigenvalue weighted by Gasteiger charge is -2.21. The second-order valence-corrected chi connectivity index (χ2v) is 5.46. The van der Waals surface area contributed by atoms with Crippen molar-refractivity contribution in [3.63, 3.8) is 0 Å². The highest BCUT2D eigenvalue weighted by Gasteiger charge is 2.50. The minimum Gasteiger partial charge on any atom is -0.331 e. The van der Waals surface area contributed by atoms with Crippen molar-refractivity contribution in [1.29, 1.82) is 5.26 Å². The third kappa shape index (κ3) is 1.73. The third-order valence-corrected chi connectivity index (χ3v) is 4.31. The van der Waals surface area contributed by atoms with E-state index in [1.165, 1.54) is 0 Å². The van der Waals surface area contributed by atoms with Crippen molar-refractivity contribution in [2.45, 2.75) is 25.8 Å². The number of nitrogens with one attached hydrogen (secondary N) is 1. The molecule has 1 aliphatic carbocycles. The van der Waals surface area contributed by atoms with Gasteiger partial charge in [0, 0.05) is 7.05 Å². The van der Waals surface area contributed by atoms with Crippen LogP contribution in [0.5, 0.6) is 0 Å². The summed E-state index contributed by atoms with van der Waals surface area (Å²) >= 11 is 0. The van der Waals surface area contributed by atoms with Crippen LogP contribution in [0.1, 0.15) is 30.3 Å². The van der Waals surface area contributed by atoms with E-state index in [-0.39, 0.29) is 11.5 Å². The molecule has 1 fully saturated rings. The van der Waals surface area contributed by atoms with Gasteiger partial charge in [-0.3, -0.25) is 0 Å². The van der Waals surface area contributed by atoms with Crippen LogP contribution >= 0.6 is 0 Å². The molecule has 0 saturated heterocycles. The average Bonchev–Trinajstić information content (AvgIpc) is 3.14. The number of aryl methyl sites for hydroxylation is 2. The molecule has 0 amide bonds. The van der Waals surface area contributed by atoms with Crippen LogP contribution in [0.2, 0.25) is 0 Å². The van der Waals surface area contributed by atoms with Crippen molar-refractivity contribution in [3.8, 4) is 6.07 Å². The van der Waals surface area contributed by atoms with Crippen LogP contribution in [-0.4, -0.2) is 16.6 Å². The summed E-state index contributed by atoms with van der Waals surface area (Å²) in [6.07, 6.45) is 1.96. The quantitative estimate of drug-likeness (QED) is 0.915. The first-order chi connectivity index (χ1) is 9.11. The van der Waals surface area contributed by atoms with Crippen LogP contribution in [0.3, 0.4) is 0 Å². The zero-order valence-corrected chi connectivity index (χ0v) is 11.6. The van der Waals surface area contributed by atoms with Gasteiger partial charge < -0.3 is 9.88 Å². The minimum absolute atomic E-state index is 0.101. The number of hydrogen-bond donors (Lipinski definition) is 1.